The maximum atomic E-state index is 12.2. The smallest absolute Gasteiger partial charge is 0.227 e. The number of hydrogen-bond acceptors (Lipinski definition) is 3. The molecule has 104 valence electrons. The highest BCUT2D eigenvalue weighted by Gasteiger charge is 2.28. The number of benzene rings is 1. The quantitative estimate of drug-likeness (QED) is 0.876. The van der Waals surface area contributed by atoms with Crippen LogP contribution in [-0.4, -0.2) is 18.6 Å². The van der Waals surface area contributed by atoms with Gasteiger partial charge in [0.15, 0.2) is 0 Å². The minimum atomic E-state index is 0.0331. The van der Waals surface area contributed by atoms with Crippen molar-refractivity contribution in [2.24, 2.45) is 11.7 Å². The second-order valence-corrected chi connectivity index (χ2v) is 5.19. The van der Waals surface area contributed by atoms with Crippen LogP contribution in [0.15, 0.2) is 18.2 Å². The number of amides is 1. The Balaban J connectivity index is 2.07. The molecule has 0 saturated heterocycles. The number of rotatable bonds is 4. The Labute approximate surface area is 114 Å². The lowest BCUT2D eigenvalue weighted by atomic mass is 10.1. The average molecular weight is 262 g/mol. The molecule has 1 amide bonds. The van der Waals surface area contributed by atoms with E-state index in [0.29, 0.717) is 6.61 Å². The second kappa shape index (κ2) is 6.06. The lowest BCUT2D eigenvalue weighted by molar-refractivity contribution is -0.119. The van der Waals surface area contributed by atoms with Gasteiger partial charge in [-0.3, -0.25) is 4.79 Å². The van der Waals surface area contributed by atoms with Crippen LogP contribution in [0.3, 0.4) is 0 Å². The first-order valence-electron chi connectivity index (χ1n) is 6.90. The van der Waals surface area contributed by atoms with Crippen molar-refractivity contribution in [1.29, 1.82) is 0 Å². The van der Waals surface area contributed by atoms with E-state index < -0.39 is 0 Å². The van der Waals surface area contributed by atoms with Gasteiger partial charge in [0, 0.05) is 12.0 Å². The zero-order chi connectivity index (χ0) is 13.8. The third-order valence-electron chi connectivity index (χ3n) is 3.54. The molecule has 0 heterocycles. The molecule has 1 saturated carbocycles. The number of nitrogens with one attached hydrogen (secondary N) is 1. The van der Waals surface area contributed by atoms with Crippen molar-refractivity contribution in [2.75, 3.05) is 11.9 Å². The lowest BCUT2D eigenvalue weighted by Crippen LogP contribution is -2.23. The predicted octanol–water partition coefficient (Wildman–Crippen LogP) is 2.46. The maximum absolute atomic E-state index is 12.2. The van der Waals surface area contributed by atoms with E-state index in [1.165, 1.54) is 0 Å². The second-order valence-electron chi connectivity index (χ2n) is 5.19. The first-order chi connectivity index (χ1) is 9.10. The number of hydrogen-bond donors (Lipinski definition) is 2. The van der Waals surface area contributed by atoms with Crippen molar-refractivity contribution >= 4 is 11.6 Å². The average Bonchev–Trinajstić information content (AvgIpc) is 2.80. The summed E-state index contributed by atoms with van der Waals surface area (Å²) in [4.78, 5) is 12.2. The van der Waals surface area contributed by atoms with Crippen LogP contribution in [0.25, 0.3) is 0 Å². The molecule has 19 heavy (non-hydrogen) atoms. The van der Waals surface area contributed by atoms with Gasteiger partial charge < -0.3 is 15.8 Å². The molecule has 1 aromatic carbocycles. The SMILES string of the molecule is CCOc1cc(C)ccc1NC(=O)C1CCC(N)C1. The fourth-order valence-electron chi connectivity index (χ4n) is 2.50. The molecule has 4 heteroatoms. The van der Waals surface area contributed by atoms with Gasteiger partial charge >= 0.3 is 0 Å². The number of carbonyl (C=O) groups is 1. The summed E-state index contributed by atoms with van der Waals surface area (Å²) in [6.45, 7) is 4.52. The Morgan fingerprint density at radius 1 is 1.47 bits per heavy atom. The fourth-order valence-corrected chi connectivity index (χ4v) is 2.50. The van der Waals surface area contributed by atoms with Crippen LogP contribution in [0.5, 0.6) is 5.75 Å². The van der Waals surface area contributed by atoms with Crippen molar-refractivity contribution in [3.05, 3.63) is 23.8 Å². The van der Waals surface area contributed by atoms with Gasteiger partial charge in [0.25, 0.3) is 0 Å². The highest BCUT2D eigenvalue weighted by Crippen LogP contribution is 2.29. The number of aryl methyl sites for hydroxylation is 1. The summed E-state index contributed by atoms with van der Waals surface area (Å²) < 4.78 is 5.56. The third kappa shape index (κ3) is 3.47. The van der Waals surface area contributed by atoms with Crippen molar-refractivity contribution < 1.29 is 9.53 Å². The monoisotopic (exact) mass is 262 g/mol. The van der Waals surface area contributed by atoms with Gasteiger partial charge in [0.2, 0.25) is 5.91 Å². The van der Waals surface area contributed by atoms with Crippen LogP contribution in [0.2, 0.25) is 0 Å². The molecule has 0 spiro atoms. The molecule has 2 rings (SSSR count). The molecular formula is C15H22N2O2. The van der Waals surface area contributed by atoms with E-state index in [9.17, 15) is 4.79 Å². The first kappa shape index (κ1) is 13.9. The number of nitrogens with two attached hydrogens (primary N) is 1. The van der Waals surface area contributed by atoms with E-state index in [2.05, 4.69) is 5.32 Å². The number of anilines is 1. The van der Waals surface area contributed by atoms with Crippen LogP contribution in [-0.2, 0) is 4.79 Å². The van der Waals surface area contributed by atoms with Crippen LogP contribution in [0.1, 0.15) is 31.7 Å². The molecule has 2 unspecified atom stereocenters. The van der Waals surface area contributed by atoms with Crippen molar-refractivity contribution in [2.45, 2.75) is 39.2 Å². The Hall–Kier alpha value is -1.55. The summed E-state index contributed by atoms with van der Waals surface area (Å²) in [6.07, 6.45) is 2.59. The summed E-state index contributed by atoms with van der Waals surface area (Å²) in [6, 6.07) is 5.98. The Morgan fingerprint density at radius 2 is 2.26 bits per heavy atom. The Kier molecular flexibility index (Phi) is 4.43. The van der Waals surface area contributed by atoms with Gasteiger partial charge in [-0.15, -0.1) is 0 Å². The molecule has 4 nitrogen and oxygen atoms in total. The van der Waals surface area contributed by atoms with Gasteiger partial charge in [-0.25, -0.2) is 0 Å². The predicted molar refractivity (Wildman–Crippen MR) is 76.3 cm³/mol. The van der Waals surface area contributed by atoms with Gasteiger partial charge in [0.05, 0.1) is 12.3 Å². The molecule has 1 fully saturated rings. The van der Waals surface area contributed by atoms with E-state index in [-0.39, 0.29) is 17.9 Å². The standard InChI is InChI=1S/C15H22N2O2/c1-3-19-14-8-10(2)4-7-13(14)17-15(18)11-5-6-12(16)9-11/h4,7-8,11-12H,3,5-6,9,16H2,1-2H3,(H,17,18). The van der Waals surface area contributed by atoms with E-state index in [1.54, 1.807) is 0 Å². The largest absolute Gasteiger partial charge is 0.492 e. The summed E-state index contributed by atoms with van der Waals surface area (Å²) >= 11 is 0. The fraction of sp³-hybridized carbons (Fsp3) is 0.533. The molecule has 0 aliphatic heterocycles. The van der Waals surface area contributed by atoms with Gasteiger partial charge in [-0.1, -0.05) is 6.07 Å². The van der Waals surface area contributed by atoms with Crippen molar-refractivity contribution in [3.63, 3.8) is 0 Å². The summed E-state index contributed by atoms with van der Waals surface area (Å²) in [7, 11) is 0. The van der Waals surface area contributed by atoms with Crippen LogP contribution >= 0.6 is 0 Å². The highest BCUT2D eigenvalue weighted by molar-refractivity contribution is 5.94. The normalized spacial score (nSPS) is 22.3. The topological polar surface area (TPSA) is 64.3 Å². The molecular weight excluding hydrogens is 240 g/mol. The van der Waals surface area contributed by atoms with Crippen LogP contribution in [0.4, 0.5) is 5.69 Å². The number of carbonyl (C=O) groups excluding carboxylic acids is 1. The molecule has 1 aliphatic rings. The van der Waals surface area contributed by atoms with Crippen molar-refractivity contribution in [3.8, 4) is 5.75 Å². The zero-order valence-electron chi connectivity index (χ0n) is 11.6. The number of ether oxygens (including phenoxy) is 1. The van der Waals surface area contributed by atoms with E-state index in [4.69, 9.17) is 10.5 Å². The van der Waals surface area contributed by atoms with E-state index >= 15 is 0 Å². The third-order valence-corrected chi connectivity index (χ3v) is 3.54. The minimum absolute atomic E-state index is 0.0331. The Morgan fingerprint density at radius 3 is 2.89 bits per heavy atom. The first-order valence-corrected chi connectivity index (χ1v) is 6.90. The molecule has 3 N–H and O–H groups in total. The van der Waals surface area contributed by atoms with E-state index in [0.717, 1.165) is 36.3 Å². The van der Waals surface area contributed by atoms with Gasteiger partial charge in [0.1, 0.15) is 5.75 Å². The van der Waals surface area contributed by atoms with Crippen LogP contribution < -0.4 is 15.8 Å². The molecule has 0 radical (unpaired) electrons. The summed E-state index contributed by atoms with van der Waals surface area (Å²) in [5, 5.41) is 2.97. The summed E-state index contributed by atoms with van der Waals surface area (Å²) in [5.41, 5.74) is 7.71. The lowest BCUT2D eigenvalue weighted by Gasteiger charge is -2.15. The zero-order valence-corrected chi connectivity index (χ0v) is 11.6. The molecule has 2 atom stereocenters. The Bertz CT molecular complexity index is 459. The van der Waals surface area contributed by atoms with Gasteiger partial charge in [-0.05, 0) is 50.8 Å². The molecule has 0 bridgehead atoms. The van der Waals surface area contributed by atoms with Crippen LogP contribution in [0, 0.1) is 12.8 Å². The molecule has 0 aromatic heterocycles. The van der Waals surface area contributed by atoms with Gasteiger partial charge in [-0.2, -0.15) is 0 Å². The minimum Gasteiger partial charge on any atom is -0.492 e. The van der Waals surface area contributed by atoms with Crippen molar-refractivity contribution in [1.82, 2.24) is 0 Å². The highest BCUT2D eigenvalue weighted by atomic mass is 16.5. The van der Waals surface area contributed by atoms with E-state index in [1.807, 2.05) is 32.0 Å². The molecule has 1 aliphatic carbocycles. The summed E-state index contributed by atoms with van der Waals surface area (Å²) in [5.74, 6) is 0.821. The molecule has 1 aromatic rings. The maximum Gasteiger partial charge on any atom is 0.227 e.